The van der Waals surface area contributed by atoms with Gasteiger partial charge < -0.3 is 4.90 Å². The van der Waals surface area contributed by atoms with E-state index >= 15 is 0 Å². The molecule has 0 spiro atoms. The van der Waals surface area contributed by atoms with Gasteiger partial charge in [0.2, 0.25) is 0 Å². The zero-order valence-corrected chi connectivity index (χ0v) is 9.63. The van der Waals surface area contributed by atoms with E-state index in [2.05, 4.69) is 24.4 Å². The molecule has 0 aromatic rings. The lowest BCUT2D eigenvalue weighted by Crippen LogP contribution is -2.38. The van der Waals surface area contributed by atoms with Gasteiger partial charge in [-0.15, -0.1) is 0 Å². The molecule has 0 aromatic carbocycles. The van der Waals surface area contributed by atoms with Crippen molar-refractivity contribution >= 4 is 0 Å². The van der Waals surface area contributed by atoms with Crippen LogP contribution in [0.1, 0.15) is 38.5 Å². The van der Waals surface area contributed by atoms with Crippen molar-refractivity contribution in [3.05, 3.63) is 0 Å². The Kier molecular flexibility index (Phi) is 5.45. The minimum Gasteiger partial charge on any atom is -0.309 e. The van der Waals surface area contributed by atoms with E-state index < -0.39 is 0 Å². The smallest absolute Gasteiger partial charge is 0.0225 e. The number of hydrazine groups is 1. The first-order valence-corrected chi connectivity index (χ1v) is 5.83. The van der Waals surface area contributed by atoms with E-state index in [0.29, 0.717) is 6.04 Å². The van der Waals surface area contributed by atoms with E-state index in [4.69, 9.17) is 5.84 Å². The summed E-state index contributed by atoms with van der Waals surface area (Å²) >= 11 is 0. The molecule has 0 heterocycles. The third kappa shape index (κ3) is 4.40. The van der Waals surface area contributed by atoms with E-state index in [1.807, 2.05) is 0 Å². The van der Waals surface area contributed by atoms with Crippen molar-refractivity contribution in [2.45, 2.75) is 44.6 Å². The Morgan fingerprint density at radius 3 is 2.50 bits per heavy atom. The van der Waals surface area contributed by atoms with Crippen LogP contribution in [0.4, 0.5) is 0 Å². The number of rotatable bonds is 6. The van der Waals surface area contributed by atoms with Crippen LogP contribution in [0.25, 0.3) is 0 Å². The SMILES string of the molecule is CN(C)CCC(CC1CCCC1)NN. The highest BCUT2D eigenvalue weighted by Gasteiger charge is 2.19. The lowest BCUT2D eigenvalue weighted by Gasteiger charge is -2.21. The predicted molar refractivity (Wildman–Crippen MR) is 60.9 cm³/mol. The van der Waals surface area contributed by atoms with Gasteiger partial charge in [0.1, 0.15) is 0 Å². The molecule has 14 heavy (non-hydrogen) atoms. The fraction of sp³-hybridized carbons (Fsp3) is 1.00. The number of nitrogens with one attached hydrogen (secondary N) is 1. The van der Waals surface area contributed by atoms with Gasteiger partial charge in [-0.05, 0) is 39.4 Å². The summed E-state index contributed by atoms with van der Waals surface area (Å²) < 4.78 is 0. The minimum absolute atomic E-state index is 0.514. The quantitative estimate of drug-likeness (QED) is 0.501. The first-order chi connectivity index (χ1) is 6.72. The molecule has 0 aromatic heterocycles. The van der Waals surface area contributed by atoms with Gasteiger partial charge >= 0.3 is 0 Å². The summed E-state index contributed by atoms with van der Waals surface area (Å²) in [4.78, 5) is 2.22. The fourth-order valence-corrected chi connectivity index (χ4v) is 2.33. The molecule has 1 fully saturated rings. The van der Waals surface area contributed by atoms with Crippen LogP contribution in [-0.4, -0.2) is 31.6 Å². The molecular formula is C11H25N3. The van der Waals surface area contributed by atoms with Crippen molar-refractivity contribution in [3.63, 3.8) is 0 Å². The molecule has 1 aliphatic rings. The number of nitrogens with zero attached hydrogens (tertiary/aromatic N) is 1. The summed E-state index contributed by atoms with van der Waals surface area (Å²) in [5.41, 5.74) is 2.96. The highest BCUT2D eigenvalue weighted by Crippen LogP contribution is 2.28. The highest BCUT2D eigenvalue weighted by molar-refractivity contribution is 4.74. The van der Waals surface area contributed by atoms with Crippen molar-refractivity contribution in [3.8, 4) is 0 Å². The van der Waals surface area contributed by atoms with Gasteiger partial charge in [-0.2, -0.15) is 0 Å². The van der Waals surface area contributed by atoms with E-state index in [1.54, 1.807) is 0 Å². The van der Waals surface area contributed by atoms with Crippen molar-refractivity contribution < 1.29 is 0 Å². The standard InChI is InChI=1S/C11H25N3/c1-14(2)8-7-11(13-12)9-10-5-3-4-6-10/h10-11,13H,3-9,12H2,1-2H3. The Labute approximate surface area is 88.0 Å². The second-order valence-corrected chi connectivity index (χ2v) is 4.84. The lowest BCUT2D eigenvalue weighted by atomic mass is 9.97. The first kappa shape index (κ1) is 12.0. The Bertz CT molecular complexity index is 141. The number of hydrogen-bond donors (Lipinski definition) is 2. The molecule has 0 amide bonds. The summed E-state index contributed by atoms with van der Waals surface area (Å²) in [6.45, 7) is 1.13. The van der Waals surface area contributed by atoms with Crippen LogP contribution in [0.15, 0.2) is 0 Å². The fourth-order valence-electron chi connectivity index (χ4n) is 2.33. The molecule has 3 nitrogen and oxygen atoms in total. The average molecular weight is 199 g/mol. The Balaban J connectivity index is 2.16. The maximum Gasteiger partial charge on any atom is 0.0225 e. The normalized spacial score (nSPS) is 20.6. The molecule has 1 unspecified atom stereocenters. The van der Waals surface area contributed by atoms with Gasteiger partial charge in [0.05, 0.1) is 0 Å². The van der Waals surface area contributed by atoms with Gasteiger partial charge in [0.25, 0.3) is 0 Å². The monoisotopic (exact) mass is 199 g/mol. The van der Waals surface area contributed by atoms with Crippen LogP contribution in [0.5, 0.6) is 0 Å². The summed E-state index contributed by atoms with van der Waals surface area (Å²) in [6, 6.07) is 0.514. The van der Waals surface area contributed by atoms with Crippen LogP contribution in [0.2, 0.25) is 0 Å². The largest absolute Gasteiger partial charge is 0.309 e. The van der Waals surface area contributed by atoms with Crippen LogP contribution in [-0.2, 0) is 0 Å². The molecule has 1 atom stereocenters. The van der Waals surface area contributed by atoms with E-state index in [-0.39, 0.29) is 0 Å². The second-order valence-electron chi connectivity index (χ2n) is 4.84. The molecule has 84 valence electrons. The van der Waals surface area contributed by atoms with E-state index in [9.17, 15) is 0 Å². The zero-order chi connectivity index (χ0) is 10.4. The molecule has 0 radical (unpaired) electrons. The van der Waals surface area contributed by atoms with Crippen LogP contribution in [0, 0.1) is 5.92 Å². The highest BCUT2D eigenvalue weighted by atomic mass is 15.2. The second kappa shape index (κ2) is 6.38. The van der Waals surface area contributed by atoms with E-state index in [0.717, 1.165) is 12.5 Å². The van der Waals surface area contributed by atoms with Gasteiger partial charge in [0, 0.05) is 6.04 Å². The Hall–Kier alpha value is -0.120. The third-order valence-corrected chi connectivity index (χ3v) is 3.25. The Morgan fingerprint density at radius 2 is 2.00 bits per heavy atom. The third-order valence-electron chi connectivity index (χ3n) is 3.25. The molecule has 1 rings (SSSR count). The average Bonchev–Trinajstić information content (AvgIpc) is 2.64. The van der Waals surface area contributed by atoms with Gasteiger partial charge in [0.15, 0.2) is 0 Å². The first-order valence-electron chi connectivity index (χ1n) is 5.83. The molecule has 3 heteroatoms. The molecule has 0 saturated heterocycles. The van der Waals surface area contributed by atoms with Crippen molar-refractivity contribution in [2.24, 2.45) is 11.8 Å². The van der Waals surface area contributed by atoms with Gasteiger partial charge in [-0.1, -0.05) is 25.7 Å². The lowest BCUT2D eigenvalue weighted by molar-refractivity contribution is 0.321. The van der Waals surface area contributed by atoms with E-state index in [1.165, 1.54) is 38.5 Å². The molecule has 0 aliphatic heterocycles. The predicted octanol–water partition coefficient (Wildman–Crippen LogP) is 1.35. The van der Waals surface area contributed by atoms with Crippen LogP contribution < -0.4 is 11.3 Å². The molecule has 1 saturated carbocycles. The molecule has 1 aliphatic carbocycles. The minimum atomic E-state index is 0.514. The molecular weight excluding hydrogens is 174 g/mol. The van der Waals surface area contributed by atoms with Crippen LogP contribution in [0.3, 0.4) is 0 Å². The summed E-state index contributed by atoms with van der Waals surface area (Å²) in [6.07, 6.45) is 8.12. The maximum atomic E-state index is 5.57. The van der Waals surface area contributed by atoms with Gasteiger partial charge in [-0.3, -0.25) is 11.3 Å². The van der Waals surface area contributed by atoms with Crippen molar-refractivity contribution in [1.29, 1.82) is 0 Å². The van der Waals surface area contributed by atoms with Crippen molar-refractivity contribution in [2.75, 3.05) is 20.6 Å². The topological polar surface area (TPSA) is 41.3 Å². The zero-order valence-electron chi connectivity index (χ0n) is 9.63. The number of hydrogen-bond acceptors (Lipinski definition) is 3. The maximum absolute atomic E-state index is 5.57. The van der Waals surface area contributed by atoms with Crippen molar-refractivity contribution in [1.82, 2.24) is 10.3 Å². The Morgan fingerprint density at radius 1 is 1.36 bits per heavy atom. The summed E-state index contributed by atoms with van der Waals surface area (Å²) in [5.74, 6) is 6.50. The summed E-state index contributed by atoms with van der Waals surface area (Å²) in [5, 5.41) is 0. The summed E-state index contributed by atoms with van der Waals surface area (Å²) in [7, 11) is 4.23. The molecule has 0 bridgehead atoms. The van der Waals surface area contributed by atoms with Gasteiger partial charge in [-0.25, -0.2) is 0 Å². The number of nitrogens with two attached hydrogens (primary N) is 1. The van der Waals surface area contributed by atoms with Crippen LogP contribution >= 0.6 is 0 Å². The molecule has 3 N–H and O–H groups in total.